The molecule has 0 aromatic carbocycles. The van der Waals surface area contributed by atoms with Crippen molar-refractivity contribution in [3.63, 3.8) is 0 Å². The zero-order valence-corrected chi connectivity index (χ0v) is 56.3. The smallest absolute Gasteiger partial charge is 0.246 e. The van der Waals surface area contributed by atoms with Crippen molar-refractivity contribution in [3.8, 4) is 0 Å². The van der Waals surface area contributed by atoms with Crippen LogP contribution in [0.5, 0.6) is 0 Å². The second-order valence-electron chi connectivity index (χ2n) is 26.2. The van der Waals surface area contributed by atoms with E-state index in [1.807, 2.05) is 55.4 Å². The van der Waals surface area contributed by atoms with Crippen LogP contribution in [0.3, 0.4) is 0 Å². The zero-order chi connectivity index (χ0) is 66.7. The van der Waals surface area contributed by atoms with Gasteiger partial charge in [-0.25, -0.2) is 0 Å². The number of nitrogens with one attached hydrogen (secondary N) is 4. The fourth-order valence-electron chi connectivity index (χ4n) is 10.7. The van der Waals surface area contributed by atoms with Crippen LogP contribution in [0.25, 0.3) is 0 Å². The number of hydrogen-bond acceptors (Lipinski definition) is 12. The Morgan fingerprint density at radius 3 is 1.35 bits per heavy atom. The van der Waals surface area contributed by atoms with Crippen LogP contribution in [0.1, 0.15) is 149 Å². The Morgan fingerprint density at radius 2 is 0.895 bits per heavy atom. The Morgan fingerprint density at radius 1 is 0.477 bits per heavy atom. The van der Waals surface area contributed by atoms with Gasteiger partial charge in [0.05, 0.1) is 12.6 Å². The maximum Gasteiger partial charge on any atom is 0.246 e. The van der Waals surface area contributed by atoms with E-state index in [2.05, 4.69) is 27.8 Å². The largest absolute Gasteiger partial charge is 0.390 e. The predicted molar refractivity (Wildman–Crippen MR) is 333 cm³/mol. The molecule has 0 aromatic heterocycles. The molecule has 0 spiro atoms. The monoisotopic (exact) mass is 1210 g/mol. The van der Waals surface area contributed by atoms with Crippen molar-refractivity contribution >= 4 is 65.0 Å². The van der Waals surface area contributed by atoms with Gasteiger partial charge in [0.1, 0.15) is 60.4 Å². The second kappa shape index (κ2) is 35.4. The molecule has 5 N–H and O–H groups in total. The van der Waals surface area contributed by atoms with Crippen molar-refractivity contribution in [2.45, 2.75) is 216 Å². The van der Waals surface area contributed by atoms with Gasteiger partial charge in [0.15, 0.2) is 0 Å². The molecule has 0 radical (unpaired) electrons. The molecule has 1 aliphatic heterocycles. The Hall–Kier alpha value is -6.39. The van der Waals surface area contributed by atoms with Crippen LogP contribution in [0.15, 0.2) is 24.8 Å². The molecule has 1 saturated heterocycles. The molecule has 86 heavy (non-hydrogen) atoms. The lowest BCUT2D eigenvalue weighted by Crippen LogP contribution is -2.63. The maximum atomic E-state index is 15.2. The third-order valence-corrected chi connectivity index (χ3v) is 16.1. The quantitative estimate of drug-likeness (QED) is 0.139. The molecule has 0 aliphatic carbocycles. The molecule has 490 valence electrons. The lowest BCUT2D eigenvalue weighted by atomic mass is 9.91. The maximum absolute atomic E-state index is 15.2. The highest BCUT2D eigenvalue weighted by Crippen LogP contribution is 2.26. The first-order valence-corrected chi connectivity index (χ1v) is 30.7. The number of carbonyl (C=O) groups excluding carboxylic acids is 11. The van der Waals surface area contributed by atoms with E-state index in [0.29, 0.717) is 0 Å². The van der Waals surface area contributed by atoms with Gasteiger partial charge in [0, 0.05) is 49.3 Å². The number of nitrogens with zero attached hydrogens (tertiary/aromatic N) is 7. The molecule has 1 aliphatic rings. The standard InChI is InChI=1S/C63H111N11O12/c1-25-27-28-29-41(15)53(76)52-57(80)66-44(26-2)59(82)68(18)34-49(75)69(19)45(30-35(3)4)56(79)67-50(39(11)12)62(85)70(20)46(31-36(5)6)55(78)64-42(16)54(77)65-43(17)58(81)71(21)47(32-37(7)8)60(83)72(22)48(33-38(9)10)61(84)73(23)51(40(13)14)63(86)74(52)24/h25,27-28,35-48,50-53,76H,1,26,29-34H2,2-24H3,(H,64,78)(H,65,77)(H,66,80)(H,67,79)/b28-27+. The zero-order valence-electron chi connectivity index (χ0n) is 56.3. The first-order valence-electron chi connectivity index (χ1n) is 30.7. The molecule has 0 bridgehead atoms. The molecule has 0 aromatic rings. The summed E-state index contributed by atoms with van der Waals surface area (Å²) in [7, 11) is 9.88. The minimum atomic E-state index is -1.64. The van der Waals surface area contributed by atoms with E-state index in [1.165, 1.54) is 87.7 Å². The van der Waals surface area contributed by atoms with Gasteiger partial charge in [-0.3, -0.25) is 52.7 Å². The van der Waals surface area contributed by atoms with Crippen molar-refractivity contribution in [1.29, 1.82) is 0 Å². The number of amides is 11. The molecule has 23 nitrogen and oxygen atoms in total. The van der Waals surface area contributed by atoms with Crippen molar-refractivity contribution in [2.24, 2.45) is 41.4 Å². The normalized spacial score (nSPS) is 26.7. The fourth-order valence-corrected chi connectivity index (χ4v) is 10.7. The highest BCUT2D eigenvalue weighted by Gasteiger charge is 2.45. The van der Waals surface area contributed by atoms with Crippen molar-refractivity contribution in [1.82, 2.24) is 55.6 Å². The third-order valence-electron chi connectivity index (χ3n) is 16.1. The van der Waals surface area contributed by atoms with E-state index in [4.69, 9.17) is 0 Å². The molecular formula is C63H111N11O12. The summed E-state index contributed by atoms with van der Waals surface area (Å²) < 4.78 is 0. The Bertz CT molecular complexity index is 2380. The van der Waals surface area contributed by atoms with Gasteiger partial charge in [-0.15, -0.1) is 0 Å². The lowest BCUT2D eigenvalue weighted by molar-refractivity contribution is -0.157. The second-order valence-corrected chi connectivity index (χ2v) is 26.2. The van der Waals surface area contributed by atoms with E-state index in [-0.39, 0.29) is 62.2 Å². The van der Waals surface area contributed by atoms with Crippen molar-refractivity contribution < 1.29 is 57.8 Å². The molecule has 11 amide bonds. The summed E-state index contributed by atoms with van der Waals surface area (Å²) in [6.07, 6.45) is 4.30. The minimum Gasteiger partial charge on any atom is -0.390 e. The summed E-state index contributed by atoms with van der Waals surface area (Å²) >= 11 is 0. The van der Waals surface area contributed by atoms with Gasteiger partial charge in [-0.2, -0.15) is 0 Å². The molecule has 0 saturated carbocycles. The van der Waals surface area contributed by atoms with Crippen LogP contribution in [0.2, 0.25) is 0 Å². The average Bonchev–Trinajstić information content (AvgIpc) is 3.63. The van der Waals surface area contributed by atoms with Gasteiger partial charge in [0.2, 0.25) is 65.0 Å². The minimum absolute atomic E-state index is 0.0125. The molecule has 1 rings (SSSR count). The van der Waals surface area contributed by atoms with Crippen LogP contribution in [0, 0.1) is 41.4 Å². The summed E-state index contributed by atoms with van der Waals surface area (Å²) in [5, 5.41) is 23.1. The highest BCUT2D eigenvalue weighted by atomic mass is 16.3. The molecule has 23 heteroatoms. The highest BCUT2D eigenvalue weighted by molar-refractivity contribution is 5.99. The van der Waals surface area contributed by atoms with Crippen LogP contribution < -0.4 is 21.3 Å². The first-order chi connectivity index (χ1) is 39.7. The molecule has 12 atom stereocenters. The number of likely N-dealkylation sites (N-methyl/N-ethyl adjacent to an activating group) is 7. The SMILES string of the molecule is C=C/C=C/CC(C)C(O)C1C(=O)NC(CC)C(=O)N(C)CC(=O)N(C)C(CC(C)C)C(=O)NC(C(C)C)C(=O)N(C)C(CC(C)C)C(=O)NC(C)C(=O)NC(C)C(=O)N(C)C(CC(C)C)C(=O)N(C)C(CC(C)C)C(=O)N(C)C(C(C)C)C(=O)N1C. The van der Waals surface area contributed by atoms with E-state index in [1.54, 1.807) is 59.8 Å². The first kappa shape index (κ1) is 77.6. The van der Waals surface area contributed by atoms with Crippen LogP contribution in [0.4, 0.5) is 0 Å². The van der Waals surface area contributed by atoms with E-state index in [9.17, 15) is 48.3 Å². The van der Waals surface area contributed by atoms with E-state index >= 15 is 9.59 Å². The summed E-state index contributed by atoms with van der Waals surface area (Å²) in [6, 6.07) is -12.4. The molecule has 1 fully saturated rings. The predicted octanol–water partition coefficient (Wildman–Crippen LogP) is 3.44. The molecule has 12 unspecified atom stereocenters. The molecule has 1 heterocycles. The molecular weight excluding hydrogens is 1100 g/mol. The summed E-state index contributed by atoms with van der Waals surface area (Å²) in [5.74, 6) is -9.86. The number of hydrogen-bond donors (Lipinski definition) is 5. The van der Waals surface area contributed by atoms with Crippen molar-refractivity contribution in [2.75, 3.05) is 55.9 Å². The summed E-state index contributed by atoms with van der Waals surface area (Å²) in [6.45, 7) is 31.2. The van der Waals surface area contributed by atoms with Gasteiger partial charge >= 0.3 is 0 Å². The Kier molecular flexibility index (Phi) is 32.0. The van der Waals surface area contributed by atoms with Crippen LogP contribution >= 0.6 is 0 Å². The Labute approximate surface area is 514 Å². The lowest BCUT2D eigenvalue weighted by Gasteiger charge is -2.41. The number of aliphatic hydroxyl groups is 1. The van der Waals surface area contributed by atoms with Gasteiger partial charge in [-0.1, -0.05) is 122 Å². The fraction of sp³-hybridized carbons (Fsp3) is 0.762. The Balaban J connectivity index is 4.34. The third kappa shape index (κ3) is 21.8. The van der Waals surface area contributed by atoms with Crippen LogP contribution in [-0.2, 0) is 52.7 Å². The topological polar surface area (TPSA) is 279 Å². The number of carbonyl (C=O) groups is 11. The van der Waals surface area contributed by atoms with E-state index in [0.717, 1.165) is 9.80 Å². The van der Waals surface area contributed by atoms with Crippen molar-refractivity contribution in [3.05, 3.63) is 24.8 Å². The van der Waals surface area contributed by atoms with Crippen LogP contribution in [-0.4, -0.2) is 227 Å². The van der Waals surface area contributed by atoms with Gasteiger partial charge < -0.3 is 60.7 Å². The average molecular weight is 1210 g/mol. The summed E-state index contributed by atoms with van der Waals surface area (Å²) in [5.41, 5.74) is 0. The summed E-state index contributed by atoms with van der Waals surface area (Å²) in [4.78, 5) is 169. The number of aliphatic hydroxyl groups excluding tert-OH is 1. The number of allylic oxidation sites excluding steroid dienone is 3. The number of rotatable bonds is 16. The van der Waals surface area contributed by atoms with Gasteiger partial charge in [-0.05, 0) is 93.8 Å². The van der Waals surface area contributed by atoms with Gasteiger partial charge in [0.25, 0.3) is 0 Å². The van der Waals surface area contributed by atoms with E-state index < -0.39 is 156 Å².